The van der Waals surface area contributed by atoms with Crippen LogP contribution < -0.4 is 0 Å². The molecule has 0 saturated carbocycles. The van der Waals surface area contributed by atoms with Gasteiger partial charge >= 0.3 is 5.97 Å². The van der Waals surface area contributed by atoms with Crippen molar-refractivity contribution >= 4 is 35.0 Å². The van der Waals surface area contributed by atoms with E-state index in [4.69, 9.17) is 4.74 Å². The molecule has 7 heteroatoms. The first-order chi connectivity index (χ1) is 12.9. The predicted octanol–water partition coefficient (Wildman–Crippen LogP) is 3.77. The Labute approximate surface area is 161 Å². The summed E-state index contributed by atoms with van der Waals surface area (Å²) in [6.45, 7) is 5.37. The van der Waals surface area contributed by atoms with Crippen molar-refractivity contribution in [3.63, 3.8) is 0 Å². The van der Waals surface area contributed by atoms with Gasteiger partial charge in [0.15, 0.2) is 0 Å². The highest BCUT2D eigenvalue weighted by Crippen LogP contribution is 2.34. The van der Waals surface area contributed by atoms with Crippen LogP contribution in [0, 0.1) is 6.92 Å². The summed E-state index contributed by atoms with van der Waals surface area (Å²) in [5.74, 6) is -1.08. The lowest BCUT2D eigenvalue weighted by Gasteiger charge is -2.19. The Kier molecular flexibility index (Phi) is 5.51. The van der Waals surface area contributed by atoms with Gasteiger partial charge in [-0.1, -0.05) is 12.1 Å². The van der Waals surface area contributed by atoms with Gasteiger partial charge in [0.1, 0.15) is 6.04 Å². The number of imide groups is 1. The van der Waals surface area contributed by atoms with Crippen LogP contribution in [0.2, 0.25) is 0 Å². The van der Waals surface area contributed by atoms with Gasteiger partial charge in [0.05, 0.1) is 11.5 Å². The Hall–Kier alpha value is -2.80. The summed E-state index contributed by atoms with van der Waals surface area (Å²) >= 11 is 0.828. The molecule has 0 N–H and O–H groups in total. The third-order valence-corrected chi connectivity index (χ3v) is 5.06. The van der Waals surface area contributed by atoms with Gasteiger partial charge in [-0.3, -0.25) is 14.5 Å². The molecule has 1 fully saturated rings. The lowest BCUT2D eigenvalue weighted by Crippen LogP contribution is -2.42. The Morgan fingerprint density at radius 2 is 2.04 bits per heavy atom. The van der Waals surface area contributed by atoms with Crippen molar-refractivity contribution in [2.24, 2.45) is 0 Å². The summed E-state index contributed by atoms with van der Waals surface area (Å²) in [5.41, 5.74) is 2.86. The number of nitrogens with zero attached hydrogens (tertiary/aromatic N) is 2. The topological polar surface area (TPSA) is 68.6 Å². The maximum absolute atomic E-state index is 12.7. The van der Waals surface area contributed by atoms with Gasteiger partial charge in [-0.2, -0.15) is 0 Å². The van der Waals surface area contributed by atoms with Gasteiger partial charge < -0.3 is 9.30 Å². The second-order valence-electron chi connectivity index (χ2n) is 6.12. The third kappa shape index (κ3) is 3.83. The average Bonchev–Trinajstić information content (AvgIpc) is 3.19. The van der Waals surface area contributed by atoms with Crippen molar-refractivity contribution in [1.29, 1.82) is 0 Å². The van der Waals surface area contributed by atoms with E-state index in [2.05, 4.69) is 0 Å². The van der Waals surface area contributed by atoms with E-state index in [0.717, 1.165) is 33.6 Å². The van der Waals surface area contributed by atoms with Crippen LogP contribution >= 0.6 is 11.8 Å². The van der Waals surface area contributed by atoms with E-state index in [0.29, 0.717) is 0 Å². The number of esters is 1. The predicted molar refractivity (Wildman–Crippen MR) is 104 cm³/mol. The maximum atomic E-state index is 12.7. The molecule has 1 unspecified atom stereocenters. The Bertz CT molecular complexity index is 932. The summed E-state index contributed by atoms with van der Waals surface area (Å²) in [6.07, 6.45) is 3.57. The number of hydrogen-bond acceptors (Lipinski definition) is 5. The second kappa shape index (κ2) is 7.84. The van der Waals surface area contributed by atoms with Gasteiger partial charge in [0, 0.05) is 17.6 Å². The number of aryl methyl sites for hydroxylation is 1. The highest BCUT2D eigenvalue weighted by Gasteiger charge is 2.41. The number of aromatic nitrogens is 1. The zero-order valence-corrected chi connectivity index (χ0v) is 16.2. The fraction of sp³-hybridized carbons (Fsp3) is 0.250. The van der Waals surface area contributed by atoms with E-state index in [-0.39, 0.29) is 11.5 Å². The molecule has 2 aromatic rings. The van der Waals surface area contributed by atoms with E-state index in [1.54, 1.807) is 13.0 Å². The maximum Gasteiger partial charge on any atom is 0.329 e. The second-order valence-corrected chi connectivity index (χ2v) is 7.11. The summed E-state index contributed by atoms with van der Waals surface area (Å²) in [4.78, 5) is 38.1. The number of amides is 2. The Balaban J connectivity index is 1.89. The van der Waals surface area contributed by atoms with Crippen LogP contribution in [0.1, 0.15) is 25.1 Å². The molecule has 27 heavy (non-hydrogen) atoms. The first kappa shape index (κ1) is 19.0. The Morgan fingerprint density at radius 3 is 2.74 bits per heavy atom. The SMILES string of the molecule is CCOC(=O)C(C)N1C(=O)S/C(=C\c2cccn2-c2cccc(C)c2)C1=O. The van der Waals surface area contributed by atoms with Crippen LogP contribution in [-0.2, 0) is 14.3 Å². The Morgan fingerprint density at radius 1 is 1.26 bits per heavy atom. The van der Waals surface area contributed by atoms with Crippen LogP contribution in [0.4, 0.5) is 4.79 Å². The normalized spacial score (nSPS) is 16.9. The number of carbonyl (C=O) groups excluding carboxylic acids is 3. The van der Waals surface area contributed by atoms with Gasteiger partial charge in [-0.25, -0.2) is 4.79 Å². The number of hydrogen-bond donors (Lipinski definition) is 0. The molecule has 0 spiro atoms. The van der Waals surface area contributed by atoms with Crippen molar-refractivity contribution in [2.45, 2.75) is 26.8 Å². The highest BCUT2D eigenvalue weighted by molar-refractivity contribution is 8.18. The van der Waals surface area contributed by atoms with Crippen LogP contribution in [0.25, 0.3) is 11.8 Å². The number of rotatable bonds is 5. The van der Waals surface area contributed by atoms with Crippen LogP contribution in [-0.4, -0.2) is 39.2 Å². The van der Waals surface area contributed by atoms with E-state index in [1.807, 2.05) is 54.1 Å². The van der Waals surface area contributed by atoms with Crippen LogP contribution in [0.15, 0.2) is 47.5 Å². The number of carbonyl (C=O) groups is 3. The van der Waals surface area contributed by atoms with Gasteiger partial charge in [0.25, 0.3) is 11.1 Å². The highest BCUT2D eigenvalue weighted by atomic mass is 32.2. The molecular weight excluding hydrogens is 364 g/mol. The summed E-state index contributed by atoms with van der Waals surface area (Å²) in [7, 11) is 0. The van der Waals surface area contributed by atoms with Crippen molar-refractivity contribution in [2.75, 3.05) is 6.61 Å². The van der Waals surface area contributed by atoms with E-state index < -0.39 is 23.2 Å². The van der Waals surface area contributed by atoms with E-state index in [1.165, 1.54) is 6.92 Å². The zero-order valence-electron chi connectivity index (χ0n) is 15.3. The molecule has 1 atom stereocenters. The van der Waals surface area contributed by atoms with E-state index in [9.17, 15) is 14.4 Å². The first-order valence-electron chi connectivity index (χ1n) is 8.60. The van der Waals surface area contributed by atoms with Crippen molar-refractivity contribution in [1.82, 2.24) is 9.47 Å². The minimum Gasteiger partial charge on any atom is -0.464 e. The van der Waals surface area contributed by atoms with E-state index >= 15 is 0 Å². The average molecular weight is 384 g/mol. The number of benzene rings is 1. The first-order valence-corrected chi connectivity index (χ1v) is 9.42. The monoisotopic (exact) mass is 384 g/mol. The fourth-order valence-electron chi connectivity index (χ4n) is 2.84. The zero-order chi connectivity index (χ0) is 19.6. The number of thioether (sulfide) groups is 1. The largest absolute Gasteiger partial charge is 0.464 e. The molecule has 1 aromatic heterocycles. The van der Waals surface area contributed by atoms with Gasteiger partial charge in [-0.15, -0.1) is 0 Å². The third-order valence-electron chi connectivity index (χ3n) is 4.18. The van der Waals surface area contributed by atoms with Crippen molar-refractivity contribution < 1.29 is 19.1 Å². The molecule has 1 aliphatic heterocycles. The lowest BCUT2D eigenvalue weighted by molar-refractivity contribution is -0.150. The van der Waals surface area contributed by atoms with Crippen molar-refractivity contribution in [3.8, 4) is 5.69 Å². The molecule has 0 radical (unpaired) electrons. The molecule has 140 valence electrons. The molecule has 1 aromatic carbocycles. The lowest BCUT2D eigenvalue weighted by atomic mass is 10.2. The molecule has 3 rings (SSSR count). The molecule has 6 nitrogen and oxygen atoms in total. The standard InChI is InChI=1S/C20H20N2O4S/c1-4-26-19(24)14(3)22-18(23)17(27-20(22)25)12-16-9-6-10-21(16)15-8-5-7-13(2)11-15/h5-12,14H,4H2,1-3H3/b17-12-. The smallest absolute Gasteiger partial charge is 0.329 e. The molecule has 1 aliphatic rings. The molecular formula is C20H20N2O4S. The summed E-state index contributed by atoms with van der Waals surface area (Å²) in [6, 6.07) is 10.8. The minimum atomic E-state index is -0.952. The van der Waals surface area contributed by atoms with Gasteiger partial charge in [0.2, 0.25) is 0 Å². The molecule has 0 bridgehead atoms. The quantitative estimate of drug-likeness (QED) is 0.580. The summed E-state index contributed by atoms with van der Waals surface area (Å²) in [5, 5.41) is -0.472. The van der Waals surface area contributed by atoms with Crippen LogP contribution in [0.5, 0.6) is 0 Å². The van der Waals surface area contributed by atoms with Crippen LogP contribution in [0.3, 0.4) is 0 Å². The molecule has 2 amide bonds. The summed E-state index contributed by atoms with van der Waals surface area (Å²) < 4.78 is 6.86. The molecule has 2 heterocycles. The van der Waals surface area contributed by atoms with Gasteiger partial charge in [-0.05, 0) is 68.4 Å². The molecule has 0 aliphatic carbocycles. The van der Waals surface area contributed by atoms with Crippen molar-refractivity contribution in [3.05, 3.63) is 58.8 Å². The fourth-order valence-corrected chi connectivity index (χ4v) is 3.73. The minimum absolute atomic E-state index is 0.194. The molecule has 1 saturated heterocycles. The number of ether oxygens (including phenoxy) is 1.